The first kappa shape index (κ1) is 19.4. The van der Waals surface area contributed by atoms with Crippen molar-refractivity contribution in [3.8, 4) is 0 Å². The van der Waals surface area contributed by atoms with E-state index in [-0.39, 0.29) is 18.7 Å². The Kier molecular flexibility index (Phi) is 4.91. The average Bonchev–Trinajstić information content (AvgIpc) is 3.00. The summed E-state index contributed by atoms with van der Waals surface area (Å²) in [7, 11) is 0. The molecule has 0 bridgehead atoms. The molecule has 2 saturated heterocycles. The third-order valence-electron chi connectivity index (χ3n) is 6.93. The van der Waals surface area contributed by atoms with Crippen molar-refractivity contribution in [3.05, 3.63) is 34.9 Å². The van der Waals surface area contributed by atoms with Crippen LogP contribution >= 0.6 is 0 Å². The van der Waals surface area contributed by atoms with Gasteiger partial charge in [-0.05, 0) is 30.9 Å². The predicted octanol–water partition coefficient (Wildman–Crippen LogP) is 0.804. The fraction of sp³-hybridized carbons (Fsp3) is 0.545. The minimum atomic E-state index is -0.926. The summed E-state index contributed by atoms with van der Waals surface area (Å²) in [4.78, 5) is 53.6. The summed E-state index contributed by atoms with van der Waals surface area (Å²) in [5.41, 5.74) is 1.61. The fourth-order valence-electron chi connectivity index (χ4n) is 5.48. The lowest BCUT2D eigenvalue weighted by Gasteiger charge is -2.44. The number of hydrogen-bond acceptors (Lipinski definition) is 6. The van der Waals surface area contributed by atoms with Gasteiger partial charge in [-0.2, -0.15) is 0 Å². The van der Waals surface area contributed by atoms with Crippen molar-refractivity contribution in [3.63, 3.8) is 0 Å². The fourth-order valence-corrected chi connectivity index (χ4v) is 5.48. The smallest absolute Gasteiger partial charge is 0.262 e. The molecule has 0 radical (unpaired) electrons. The van der Waals surface area contributed by atoms with Gasteiger partial charge < -0.3 is 5.32 Å². The molecule has 3 heterocycles. The molecule has 0 spiro atoms. The Morgan fingerprint density at radius 1 is 1.00 bits per heavy atom. The van der Waals surface area contributed by atoms with Gasteiger partial charge in [-0.1, -0.05) is 25.0 Å². The summed E-state index contributed by atoms with van der Waals surface area (Å²) >= 11 is 0. The van der Waals surface area contributed by atoms with Crippen molar-refractivity contribution in [2.45, 2.75) is 63.2 Å². The van der Waals surface area contributed by atoms with E-state index >= 15 is 0 Å². The number of carbonyl (C=O) groups excluding carboxylic acids is 4. The standard InChI is InChI=1S/C22H26N4O4/c27-18-9-8-17(20(28)24-18)26-21(29)14-5-3-4-13(19(14)22(26)30)12-25-11-10-23-15-6-1-2-7-16(15)25/h3-5,15-17,23H,1-2,6-12H2,(H,24,27,28). The van der Waals surface area contributed by atoms with Gasteiger partial charge in [0, 0.05) is 38.1 Å². The molecule has 158 valence electrons. The predicted molar refractivity (Wildman–Crippen MR) is 108 cm³/mol. The lowest BCUT2D eigenvalue weighted by Crippen LogP contribution is -2.58. The number of amides is 4. The van der Waals surface area contributed by atoms with Crippen LogP contribution in [0.25, 0.3) is 0 Å². The number of fused-ring (bicyclic) bond motifs is 2. The topological polar surface area (TPSA) is 98.8 Å². The van der Waals surface area contributed by atoms with E-state index < -0.39 is 23.8 Å². The first-order chi connectivity index (χ1) is 14.5. The van der Waals surface area contributed by atoms with Crippen LogP contribution in [0.2, 0.25) is 0 Å². The van der Waals surface area contributed by atoms with Crippen LogP contribution in [-0.4, -0.2) is 64.6 Å². The number of piperidine rings is 1. The number of nitrogens with one attached hydrogen (secondary N) is 2. The van der Waals surface area contributed by atoms with E-state index in [0.29, 0.717) is 29.8 Å². The van der Waals surface area contributed by atoms with E-state index in [1.807, 2.05) is 12.1 Å². The zero-order chi connectivity index (χ0) is 20.8. The summed E-state index contributed by atoms with van der Waals surface area (Å²) in [5.74, 6) is -1.80. The van der Waals surface area contributed by atoms with E-state index in [2.05, 4.69) is 15.5 Å². The first-order valence-corrected chi connectivity index (χ1v) is 10.9. The Morgan fingerprint density at radius 3 is 2.67 bits per heavy atom. The van der Waals surface area contributed by atoms with Gasteiger partial charge in [0.25, 0.3) is 11.8 Å². The van der Waals surface area contributed by atoms with Crippen molar-refractivity contribution in [2.75, 3.05) is 13.1 Å². The van der Waals surface area contributed by atoms with Crippen LogP contribution in [0.15, 0.2) is 18.2 Å². The zero-order valence-electron chi connectivity index (χ0n) is 16.9. The van der Waals surface area contributed by atoms with Gasteiger partial charge in [-0.15, -0.1) is 0 Å². The minimum Gasteiger partial charge on any atom is -0.311 e. The molecule has 8 nitrogen and oxygen atoms in total. The molecule has 3 aliphatic heterocycles. The molecule has 30 heavy (non-hydrogen) atoms. The quantitative estimate of drug-likeness (QED) is 0.716. The normalized spacial score (nSPS) is 29.6. The van der Waals surface area contributed by atoms with Gasteiger partial charge in [-0.25, -0.2) is 0 Å². The summed E-state index contributed by atoms with van der Waals surface area (Å²) in [6.07, 6.45) is 5.08. The zero-order valence-corrected chi connectivity index (χ0v) is 16.9. The Bertz CT molecular complexity index is 928. The number of nitrogens with zero attached hydrogens (tertiary/aromatic N) is 2. The van der Waals surface area contributed by atoms with Crippen LogP contribution in [0.1, 0.15) is 64.8 Å². The number of hydrogen-bond donors (Lipinski definition) is 2. The molecule has 2 N–H and O–H groups in total. The van der Waals surface area contributed by atoms with E-state index in [0.717, 1.165) is 30.0 Å². The number of piperazine rings is 1. The Labute approximate surface area is 175 Å². The maximum atomic E-state index is 13.3. The molecule has 1 aromatic rings. The highest BCUT2D eigenvalue weighted by Gasteiger charge is 2.45. The van der Waals surface area contributed by atoms with Crippen molar-refractivity contribution in [1.82, 2.24) is 20.4 Å². The first-order valence-electron chi connectivity index (χ1n) is 10.9. The van der Waals surface area contributed by atoms with Crippen LogP contribution in [0.3, 0.4) is 0 Å². The van der Waals surface area contributed by atoms with E-state index in [1.54, 1.807) is 6.07 Å². The lowest BCUT2D eigenvalue weighted by molar-refractivity contribution is -0.136. The second-order valence-corrected chi connectivity index (χ2v) is 8.67. The summed E-state index contributed by atoms with van der Waals surface area (Å²) in [6.45, 7) is 2.45. The van der Waals surface area contributed by atoms with Crippen LogP contribution in [-0.2, 0) is 16.1 Å². The largest absolute Gasteiger partial charge is 0.311 e. The maximum Gasteiger partial charge on any atom is 0.262 e. The van der Waals surface area contributed by atoms with Crippen LogP contribution in [0.5, 0.6) is 0 Å². The van der Waals surface area contributed by atoms with Gasteiger partial charge in [0.1, 0.15) is 6.04 Å². The summed E-state index contributed by atoms with van der Waals surface area (Å²) in [5, 5.41) is 5.87. The second-order valence-electron chi connectivity index (χ2n) is 8.67. The van der Waals surface area contributed by atoms with Crippen LogP contribution < -0.4 is 10.6 Å². The number of imide groups is 2. The number of rotatable bonds is 3. The molecule has 3 atom stereocenters. The van der Waals surface area contributed by atoms with Gasteiger partial charge in [0.2, 0.25) is 11.8 Å². The second kappa shape index (κ2) is 7.59. The molecule has 8 heteroatoms. The Morgan fingerprint density at radius 2 is 1.83 bits per heavy atom. The highest BCUT2D eigenvalue weighted by molar-refractivity contribution is 6.24. The minimum absolute atomic E-state index is 0.126. The molecule has 1 saturated carbocycles. The van der Waals surface area contributed by atoms with Crippen molar-refractivity contribution >= 4 is 23.6 Å². The summed E-state index contributed by atoms with van der Waals surface area (Å²) < 4.78 is 0. The molecule has 3 unspecified atom stereocenters. The highest BCUT2D eigenvalue weighted by Crippen LogP contribution is 2.32. The maximum absolute atomic E-state index is 13.3. The molecular formula is C22H26N4O4. The van der Waals surface area contributed by atoms with Crippen molar-refractivity contribution in [1.29, 1.82) is 0 Å². The van der Waals surface area contributed by atoms with Gasteiger partial charge in [0.05, 0.1) is 11.1 Å². The Hall–Kier alpha value is -2.58. The Balaban J connectivity index is 1.42. The van der Waals surface area contributed by atoms with Crippen molar-refractivity contribution in [2.24, 2.45) is 0 Å². The third-order valence-corrected chi connectivity index (χ3v) is 6.93. The molecule has 4 aliphatic rings. The number of benzene rings is 1. The van der Waals surface area contributed by atoms with Crippen molar-refractivity contribution < 1.29 is 19.2 Å². The van der Waals surface area contributed by atoms with Crippen LogP contribution in [0.4, 0.5) is 0 Å². The van der Waals surface area contributed by atoms with E-state index in [1.165, 1.54) is 19.3 Å². The van der Waals surface area contributed by atoms with Gasteiger partial charge in [-0.3, -0.25) is 34.3 Å². The average molecular weight is 410 g/mol. The lowest BCUT2D eigenvalue weighted by atomic mass is 9.87. The van der Waals surface area contributed by atoms with E-state index in [9.17, 15) is 19.2 Å². The molecule has 0 aromatic heterocycles. The van der Waals surface area contributed by atoms with Gasteiger partial charge >= 0.3 is 0 Å². The molecular weight excluding hydrogens is 384 g/mol. The molecule has 4 amide bonds. The van der Waals surface area contributed by atoms with Crippen LogP contribution in [0, 0.1) is 0 Å². The molecule has 1 aliphatic carbocycles. The molecule has 5 rings (SSSR count). The van der Waals surface area contributed by atoms with E-state index in [4.69, 9.17) is 0 Å². The highest BCUT2D eigenvalue weighted by atomic mass is 16.2. The third kappa shape index (κ3) is 3.15. The molecule has 3 fully saturated rings. The van der Waals surface area contributed by atoms with Gasteiger partial charge in [0.15, 0.2) is 0 Å². The number of carbonyl (C=O) groups is 4. The molecule has 1 aromatic carbocycles. The monoisotopic (exact) mass is 410 g/mol. The SMILES string of the molecule is O=C1CCC(N2C(=O)c3cccc(CN4CCNC5CCCCC54)c3C2=O)C(=O)N1. The summed E-state index contributed by atoms with van der Waals surface area (Å²) in [6, 6.07) is 5.39.